The molecule has 12 nitrogen and oxygen atoms in total. The maximum absolute atomic E-state index is 13.0. The standard InChI is InChI=1S/C21H32N4O8/c1-12(2)8-13(17(26)21(3)11-32-21)23-18(27)14(9-30-4)24-19(28)15(10-31-5)25-20(29)16-6-7-22-33-16/h6-7,12-15H,8-11H2,1-5H3,(H,23,27)(H,24,28)(H,25,29)/t13?,14-,15?,21?/m0/s1. The average molecular weight is 469 g/mol. The van der Waals surface area contributed by atoms with E-state index >= 15 is 0 Å². The first-order valence-electron chi connectivity index (χ1n) is 10.6. The molecule has 2 heterocycles. The molecule has 3 unspecified atom stereocenters. The van der Waals surface area contributed by atoms with Crippen molar-refractivity contribution in [2.45, 2.75) is 50.9 Å². The van der Waals surface area contributed by atoms with Crippen LogP contribution in [0.2, 0.25) is 0 Å². The van der Waals surface area contributed by atoms with Crippen LogP contribution < -0.4 is 16.0 Å². The molecule has 1 saturated heterocycles. The van der Waals surface area contributed by atoms with Crippen molar-refractivity contribution in [2.24, 2.45) is 5.92 Å². The summed E-state index contributed by atoms with van der Waals surface area (Å²) >= 11 is 0. The summed E-state index contributed by atoms with van der Waals surface area (Å²) in [6, 6.07) is -1.66. The van der Waals surface area contributed by atoms with E-state index in [1.807, 2.05) is 13.8 Å². The number of methoxy groups -OCH3 is 2. The molecule has 4 atom stereocenters. The van der Waals surface area contributed by atoms with Gasteiger partial charge in [0.05, 0.1) is 32.1 Å². The molecule has 3 N–H and O–H groups in total. The minimum absolute atomic E-state index is 0.0825. The number of aromatic nitrogens is 1. The van der Waals surface area contributed by atoms with E-state index in [0.717, 1.165) is 0 Å². The van der Waals surface area contributed by atoms with Crippen molar-refractivity contribution in [3.8, 4) is 0 Å². The van der Waals surface area contributed by atoms with Crippen LogP contribution in [0.5, 0.6) is 0 Å². The number of amides is 3. The van der Waals surface area contributed by atoms with E-state index in [0.29, 0.717) is 13.0 Å². The molecule has 0 aliphatic carbocycles. The Morgan fingerprint density at radius 2 is 1.58 bits per heavy atom. The highest BCUT2D eigenvalue weighted by Gasteiger charge is 2.50. The van der Waals surface area contributed by atoms with Gasteiger partial charge in [-0.05, 0) is 19.3 Å². The van der Waals surface area contributed by atoms with Gasteiger partial charge in [-0.15, -0.1) is 0 Å². The number of hydrogen-bond donors (Lipinski definition) is 3. The largest absolute Gasteiger partial charge is 0.382 e. The molecular formula is C21H32N4O8. The zero-order chi connectivity index (χ0) is 24.6. The molecule has 1 fully saturated rings. The second kappa shape index (κ2) is 11.9. The summed E-state index contributed by atoms with van der Waals surface area (Å²) in [6.07, 6.45) is 1.71. The van der Waals surface area contributed by atoms with Gasteiger partial charge in [0.25, 0.3) is 5.91 Å². The first-order chi connectivity index (χ1) is 15.6. The van der Waals surface area contributed by atoms with Crippen LogP contribution in [-0.4, -0.2) is 86.4 Å². The molecule has 33 heavy (non-hydrogen) atoms. The van der Waals surface area contributed by atoms with Gasteiger partial charge >= 0.3 is 0 Å². The molecule has 1 aliphatic heterocycles. The zero-order valence-corrected chi connectivity index (χ0v) is 19.5. The van der Waals surface area contributed by atoms with Gasteiger partial charge in [-0.3, -0.25) is 19.2 Å². The Balaban J connectivity index is 2.07. The fourth-order valence-corrected chi connectivity index (χ4v) is 3.13. The lowest BCUT2D eigenvalue weighted by atomic mass is 9.93. The SMILES string of the molecule is COCC(NC(=O)c1ccno1)C(=O)N[C@@H](COC)C(=O)NC(CC(C)C)C(=O)C1(C)CO1. The summed E-state index contributed by atoms with van der Waals surface area (Å²) in [6.45, 7) is 5.54. The third kappa shape index (κ3) is 7.62. The van der Waals surface area contributed by atoms with E-state index in [-0.39, 0.29) is 30.7 Å². The zero-order valence-electron chi connectivity index (χ0n) is 19.5. The summed E-state index contributed by atoms with van der Waals surface area (Å²) in [5.74, 6) is -2.10. The predicted molar refractivity (Wildman–Crippen MR) is 114 cm³/mol. The number of carbonyl (C=O) groups excluding carboxylic acids is 4. The Hall–Kier alpha value is -2.83. The lowest BCUT2D eigenvalue weighted by Gasteiger charge is -2.26. The number of hydrogen-bond acceptors (Lipinski definition) is 9. The summed E-state index contributed by atoms with van der Waals surface area (Å²) in [4.78, 5) is 50.8. The number of nitrogens with one attached hydrogen (secondary N) is 3. The van der Waals surface area contributed by atoms with Crippen LogP contribution in [0.3, 0.4) is 0 Å². The summed E-state index contributed by atoms with van der Waals surface area (Å²) < 4.78 is 20.1. The van der Waals surface area contributed by atoms with Crippen LogP contribution in [-0.2, 0) is 28.6 Å². The van der Waals surface area contributed by atoms with Crippen LogP contribution in [0.1, 0.15) is 37.7 Å². The smallest absolute Gasteiger partial charge is 0.290 e. The fraction of sp³-hybridized carbons (Fsp3) is 0.667. The molecule has 184 valence electrons. The molecule has 0 aromatic carbocycles. The van der Waals surface area contributed by atoms with Crippen LogP contribution in [0, 0.1) is 5.92 Å². The molecule has 3 amide bonds. The Labute approximate surface area is 192 Å². The van der Waals surface area contributed by atoms with Gasteiger partial charge in [0.15, 0.2) is 5.78 Å². The molecule has 1 aromatic rings. The third-order valence-electron chi connectivity index (χ3n) is 5.02. The molecular weight excluding hydrogens is 436 g/mol. The summed E-state index contributed by atoms with van der Waals surface area (Å²) in [5, 5.41) is 11.2. The van der Waals surface area contributed by atoms with E-state index in [9.17, 15) is 19.2 Å². The second-order valence-electron chi connectivity index (χ2n) is 8.45. The first kappa shape index (κ1) is 26.4. The Morgan fingerprint density at radius 3 is 2.03 bits per heavy atom. The Morgan fingerprint density at radius 1 is 1.03 bits per heavy atom. The number of epoxide rings is 1. The minimum Gasteiger partial charge on any atom is -0.382 e. The highest BCUT2D eigenvalue weighted by atomic mass is 16.6. The maximum atomic E-state index is 13.0. The maximum Gasteiger partial charge on any atom is 0.290 e. The number of Topliss-reactive ketones (excluding diaryl/α,β-unsaturated/α-hetero) is 1. The quantitative estimate of drug-likeness (QED) is 0.304. The van der Waals surface area contributed by atoms with Gasteiger partial charge in [0.1, 0.15) is 17.7 Å². The van der Waals surface area contributed by atoms with E-state index in [4.69, 9.17) is 18.7 Å². The number of ketones is 1. The highest BCUT2D eigenvalue weighted by Crippen LogP contribution is 2.29. The summed E-state index contributed by atoms with van der Waals surface area (Å²) in [5.41, 5.74) is -0.901. The van der Waals surface area contributed by atoms with Gasteiger partial charge in [-0.25, -0.2) is 0 Å². The van der Waals surface area contributed by atoms with Crippen molar-refractivity contribution in [3.05, 3.63) is 18.0 Å². The second-order valence-corrected chi connectivity index (χ2v) is 8.45. The molecule has 1 aromatic heterocycles. The molecule has 0 saturated carbocycles. The average Bonchev–Trinajstić information content (AvgIpc) is 3.27. The minimum atomic E-state index is -1.12. The lowest BCUT2D eigenvalue weighted by Crippen LogP contribution is -2.58. The van der Waals surface area contributed by atoms with Crippen molar-refractivity contribution in [1.29, 1.82) is 0 Å². The highest BCUT2D eigenvalue weighted by molar-refractivity contribution is 5.99. The van der Waals surface area contributed by atoms with Crippen molar-refractivity contribution in [1.82, 2.24) is 21.1 Å². The van der Waals surface area contributed by atoms with Gasteiger partial charge in [-0.1, -0.05) is 19.0 Å². The summed E-state index contributed by atoms with van der Waals surface area (Å²) in [7, 11) is 2.74. The monoisotopic (exact) mass is 468 g/mol. The van der Waals surface area contributed by atoms with Gasteiger partial charge in [0, 0.05) is 20.3 Å². The molecule has 1 aliphatic rings. The van der Waals surface area contributed by atoms with Crippen molar-refractivity contribution in [2.75, 3.05) is 34.0 Å². The van der Waals surface area contributed by atoms with Crippen LogP contribution in [0.4, 0.5) is 0 Å². The van der Waals surface area contributed by atoms with E-state index in [2.05, 4.69) is 21.1 Å². The predicted octanol–water partition coefficient (Wildman–Crippen LogP) is -0.560. The number of carbonyl (C=O) groups is 4. The van der Waals surface area contributed by atoms with Crippen molar-refractivity contribution in [3.63, 3.8) is 0 Å². The topological polar surface area (TPSA) is 161 Å². The van der Waals surface area contributed by atoms with Gasteiger partial charge in [0.2, 0.25) is 17.6 Å². The Bertz CT molecular complexity index is 822. The van der Waals surface area contributed by atoms with Crippen LogP contribution >= 0.6 is 0 Å². The number of rotatable bonds is 14. The fourth-order valence-electron chi connectivity index (χ4n) is 3.13. The normalized spacial score (nSPS) is 19.9. The van der Waals surface area contributed by atoms with E-state index in [1.54, 1.807) is 6.92 Å². The molecule has 0 bridgehead atoms. The van der Waals surface area contributed by atoms with E-state index < -0.39 is 41.4 Å². The number of ether oxygens (including phenoxy) is 3. The van der Waals surface area contributed by atoms with Gasteiger partial charge < -0.3 is 34.7 Å². The molecule has 12 heteroatoms. The van der Waals surface area contributed by atoms with Crippen molar-refractivity contribution < 1.29 is 37.9 Å². The third-order valence-corrected chi connectivity index (χ3v) is 5.02. The van der Waals surface area contributed by atoms with Gasteiger partial charge in [-0.2, -0.15) is 0 Å². The van der Waals surface area contributed by atoms with E-state index in [1.165, 1.54) is 26.5 Å². The van der Waals surface area contributed by atoms with Crippen molar-refractivity contribution >= 4 is 23.5 Å². The Kier molecular flexibility index (Phi) is 9.50. The molecule has 2 rings (SSSR count). The van der Waals surface area contributed by atoms with Crippen LogP contribution in [0.15, 0.2) is 16.8 Å². The molecule has 0 radical (unpaired) electrons. The number of nitrogens with zero attached hydrogens (tertiary/aromatic N) is 1. The molecule has 0 spiro atoms. The lowest BCUT2D eigenvalue weighted by molar-refractivity contribution is -0.134. The van der Waals surface area contributed by atoms with Crippen LogP contribution in [0.25, 0.3) is 0 Å². The first-order valence-corrected chi connectivity index (χ1v) is 10.6.